The number of esters is 1. The molecule has 0 saturated heterocycles. The third-order valence-corrected chi connectivity index (χ3v) is 6.58. The fraction of sp³-hybridized carbons (Fsp3) is 0.276. The lowest BCUT2D eigenvalue weighted by atomic mass is 9.80. The van der Waals surface area contributed by atoms with Crippen molar-refractivity contribution in [3.8, 4) is 0 Å². The number of nitrogens with one attached hydrogen (secondary N) is 2. The van der Waals surface area contributed by atoms with E-state index in [0.717, 1.165) is 5.56 Å². The van der Waals surface area contributed by atoms with Crippen LogP contribution in [0.4, 0.5) is 0 Å². The zero-order valence-corrected chi connectivity index (χ0v) is 22.3. The van der Waals surface area contributed by atoms with Gasteiger partial charge < -0.3 is 15.4 Å². The molecule has 8 heteroatoms. The molecule has 0 saturated carbocycles. The van der Waals surface area contributed by atoms with Crippen molar-refractivity contribution in [1.82, 2.24) is 10.6 Å². The molecule has 37 heavy (non-hydrogen) atoms. The average molecular weight is 539 g/mol. The minimum Gasteiger partial charge on any atom is -0.456 e. The summed E-state index contributed by atoms with van der Waals surface area (Å²) in [6.07, 6.45) is 0.509. The molecule has 3 aromatic rings. The summed E-state index contributed by atoms with van der Waals surface area (Å²) in [5, 5.41) is 6.78. The van der Waals surface area contributed by atoms with Crippen LogP contribution in [0.1, 0.15) is 70.1 Å². The van der Waals surface area contributed by atoms with Crippen LogP contribution >= 0.6 is 23.2 Å². The first kappa shape index (κ1) is 26.7. The van der Waals surface area contributed by atoms with Crippen LogP contribution in [-0.4, -0.2) is 29.9 Å². The fourth-order valence-corrected chi connectivity index (χ4v) is 4.92. The molecule has 1 aliphatic rings. The van der Waals surface area contributed by atoms with Gasteiger partial charge in [-0.05, 0) is 74.2 Å². The Bertz CT molecular complexity index is 1350. The minimum absolute atomic E-state index is 0.244. The summed E-state index contributed by atoms with van der Waals surface area (Å²) < 4.78 is 5.45. The number of hydrogen-bond acceptors (Lipinski definition) is 4. The lowest BCUT2D eigenvalue weighted by Gasteiger charge is -2.34. The summed E-state index contributed by atoms with van der Waals surface area (Å²) in [5.41, 5.74) is 2.45. The fourth-order valence-electron chi connectivity index (χ4n) is 4.39. The van der Waals surface area contributed by atoms with Crippen molar-refractivity contribution in [1.29, 1.82) is 0 Å². The van der Waals surface area contributed by atoms with Crippen molar-refractivity contribution in [2.45, 2.75) is 44.8 Å². The lowest BCUT2D eigenvalue weighted by Crippen LogP contribution is -2.45. The number of carbonyl (C=O) groups is 3. The second-order valence-corrected chi connectivity index (χ2v) is 10.8. The number of ether oxygens (including phenoxy) is 1. The molecule has 4 rings (SSSR count). The SMILES string of the molecule is CC(C)(C)OC(=O)c1cccc(CCNC(=O)[C@@H]2c3ccccc3C(=O)N[C@H]2c2ccc(Cl)cc2Cl)c1. The van der Waals surface area contributed by atoms with Crippen molar-refractivity contribution in [3.63, 3.8) is 0 Å². The van der Waals surface area contributed by atoms with E-state index in [-0.39, 0.29) is 11.8 Å². The molecule has 0 radical (unpaired) electrons. The summed E-state index contributed by atoms with van der Waals surface area (Å²) in [4.78, 5) is 38.8. The van der Waals surface area contributed by atoms with Crippen LogP contribution in [0.5, 0.6) is 0 Å². The van der Waals surface area contributed by atoms with E-state index in [9.17, 15) is 14.4 Å². The van der Waals surface area contributed by atoms with Gasteiger partial charge in [-0.2, -0.15) is 0 Å². The summed E-state index contributed by atoms with van der Waals surface area (Å²) >= 11 is 12.5. The van der Waals surface area contributed by atoms with Gasteiger partial charge in [-0.25, -0.2) is 4.79 Å². The summed E-state index contributed by atoms with van der Waals surface area (Å²) in [5.74, 6) is -1.60. The Morgan fingerprint density at radius 1 is 0.973 bits per heavy atom. The van der Waals surface area contributed by atoms with Gasteiger partial charge in [-0.3, -0.25) is 9.59 Å². The molecule has 0 aromatic heterocycles. The molecule has 2 amide bonds. The standard InChI is InChI=1S/C29H28Cl2N2O4/c1-29(2,3)37-28(36)18-8-6-7-17(15-18)13-14-32-27(35)24-20-9-4-5-10-21(20)26(34)33-25(24)22-12-11-19(30)16-23(22)31/h4-12,15-16,24-25H,13-14H2,1-3H3,(H,32,35)(H,33,34)/t24-,25+/m1/s1. The second kappa shape index (κ2) is 11.0. The zero-order chi connectivity index (χ0) is 26.7. The number of rotatable bonds is 6. The summed E-state index contributed by atoms with van der Waals surface area (Å²) in [7, 11) is 0. The second-order valence-electron chi connectivity index (χ2n) is 9.93. The van der Waals surface area contributed by atoms with E-state index >= 15 is 0 Å². The highest BCUT2D eigenvalue weighted by atomic mass is 35.5. The molecule has 0 spiro atoms. The molecule has 0 aliphatic carbocycles. The van der Waals surface area contributed by atoms with Crippen LogP contribution < -0.4 is 10.6 Å². The molecule has 2 N–H and O–H groups in total. The molecule has 0 unspecified atom stereocenters. The van der Waals surface area contributed by atoms with Crippen molar-refractivity contribution < 1.29 is 19.1 Å². The quantitative estimate of drug-likeness (QED) is 0.384. The number of fused-ring (bicyclic) bond motifs is 1. The van der Waals surface area contributed by atoms with E-state index in [1.54, 1.807) is 60.7 Å². The van der Waals surface area contributed by atoms with Crippen LogP contribution in [0.2, 0.25) is 10.0 Å². The molecule has 3 aromatic carbocycles. The first-order chi connectivity index (χ1) is 17.5. The lowest BCUT2D eigenvalue weighted by molar-refractivity contribution is -0.123. The van der Waals surface area contributed by atoms with Gasteiger partial charge in [0.1, 0.15) is 5.60 Å². The molecule has 1 aliphatic heterocycles. The third kappa shape index (κ3) is 6.32. The molecular formula is C29H28Cl2N2O4. The Morgan fingerprint density at radius 2 is 1.73 bits per heavy atom. The maximum absolute atomic E-state index is 13.5. The smallest absolute Gasteiger partial charge is 0.338 e. The Labute approximate surface area is 226 Å². The molecule has 192 valence electrons. The van der Waals surface area contributed by atoms with E-state index in [2.05, 4.69) is 10.6 Å². The van der Waals surface area contributed by atoms with Gasteiger partial charge in [0.15, 0.2) is 0 Å². The first-order valence-corrected chi connectivity index (χ1v) is 12.7. The average Bonchev–Trinajstić information content (AvgIpc) is 2.83. The Hall–Kier alpha value is -3.35. The van der Waals surface area contributed by atoms with E-state index in [1.165, 1.54) is 0 Å². The van der Waals surface area contributed by atoms with Crippen LogP contribution in [0, 0.1) is 0 Å². The van der Waals surface area contributed by atoms with Crippen LogP contribution in [-0.2, 0) is 16.0 Å². The van der Waals surface area contributed by atoms with Crippen molar-refractivity contribution in [3.05, 3.63) is 105 Å². The predicted octanol–water partition coefficient (Wildman–Crippen LogP) is 5.88. The van der Waals surface area contributed by atoms with Crippen LogP contribution in [0.3, 0.4) is 0 Å². The molecule has 1 heterocycles. The normalized spacial score (nSPS) is 16.9. The van der Waals surface area contributed by atoms with Gasteiger partial charge in [0, 0.05) is 22.2 Å². The topological polar surface area (TPSA) is 84.5 Å². The zero-order valence-electron chi connectivity index (χ0n) is 20.8. The van der Waals surface area contributed by atoms with Gasteiger partial charge in [0.05, 0.1) is 17.5 Å². The van der Waals surface area contributed by atoms with E-state index in [1.807, 2.05) is 26.8 Å². The van der Waals surface area contributed by atoms with Gasteiger partial charge in [0.25, 0.3) is 5.91 Å². The number of carbonyl (C=O) groups excluding carboxylic acids is 3. The Morgan fingerprint density at radius 3 is 2.46 bits per heavy atom. The maximum Gasteiger partial charge on any atom is 0.338 e. The highest BCUT2D eigenvalue weighted by Crippen LogP contribution is 2.40. The number of halogens is 2. The van der Waals surface area contributed by atoms with Gasteiger partial charge >= 0.3 is 5.97 Å². The molecule has 0 fully saturated rings. The summed E-state index contributed by atoms with van der Waals surface area (Å²) in [6.45, 7) is 5.80. The minimum atomic E-state index is -0.694. The first-order valence-electron chi connectivity index (χ1n) is 12.0. The molecule has 2 atom stereocenters. The van der Waals surface area contributed by atoms with E-state index in [4.69, 9.17) is 27.9 Å². The Balaban J connectivity index is 1.53. The molecular weight excluding hydrogens is 511 g/mol. The molecule has 6 nitrogen and oxygen atoms in total. The highest BCUT2D eigenvalue weighted by molar-refractivity contribution is 6.35. The van der Waals surface area contributed by atoms with E-state index in [0.29, 0.717) is 45.3 Å². The Kier molecular flexibility index (Phi) is 7.90. The third-order valence-electron chi connectivity index (χ3n) is 6.01. The summed E-state index contributed by atoms with van der Waals surface area (Å²) in [6, 6.07) is 18.6. The number of amides is 2. The monoisotopic (exact) mass is 538 g/mol. The van der Waals surface area contributed by atoms with Gasteiger partial charge in [-0.1, -0.05) is 59.6 Å². The van der Waals surface area contributed by atoms with Crippen LogP contribution in [0.25, 0.3) is 0 Å². The number of benzene rings is 3. The predicted molar refractivity (Wildman–Crippen MR) is 144 cm³/mol. The van der Waals surface area contributed by atoms with Crippen molar-refractivity contribution in [2.24, 2.45) is 0 Å². The van der Waals surface area contributed by atoms with Gasteiger partial charge in [0.2, 0.25) is 5.91 Å². The largest absolute Gasteiger partial charge is 0.456 e. The van der Waals surface area contributed by atoms with E-state index < -0.39 is 23.5 Å². The highest BCUT2D eigenvalue weighted by Gasteiger charge is 2.39. The van der Waals surface area contributed by atoms with Crippen molar-refractivity contribution in [2.75, 3.05) is 6.54 Å². The molecule has 0 bridgehead atoms. The maximum atomic E-state index is 13.5. The van der Waals surface area contributed by atoms with Crippen molar-refractivity contribution >= 4 is 41.0 Å². The van der Waals surface area contributed by atoms with Crippen LogP contribution in [0.15, 0.2) is 66.7 Å². The van der Waals surface area contributed by atoms with Gasteiger partial charge in [-0.15, -0.1) is 0 Å². The number of hydrogen-bond donors (Lipinski definition) is 2.